The fraction of sp³-hybridized carbons (Fsp3) is 0.200. The van der Waals surface area contributed by atoms with Crippen molar-refractivity contribution in [3.05, 3.63) is 52.3 Å². The molecule has 2 rings (SSSR count). The summed E-state index contributed by atoms with van der Waals surface area (Å²) in [4.78, 5) is 0. The van der Waals surface area contributed by atoms with Gasteiger partial charge in [-0.1, -0.05) is 37.8 Å². The molecule has 0 saturated carbocycles. The molecule has 0 radical (unpaired) electrons. The van der Waals surface area contributed by atoms with Gasteiger partial charge < -0.3 is 0 Å². The highest BCUT2D eigenvalue weighted by atomic mass is 79.9. The summed E-state index contributed by atoms with van der Waals surface area (Å²) in [5, 5.41) is 0.441. The highest BCUT2D eigenvalue weighted by molar-refractivity contribution is 9.10. The molecule has 5 heteroatoms. The van der Waals surface area contributed by atoms with E-state index in [1.165, 1.54) is 18.2 Å². The molecule has 0 atom stereocenters. The van der Waals surface area contributed by atoms with Gasteiger partial charge in [0, 0.05) is 5.56 Å². The summed E-state index contributed by atoms with van der Waals surface area (Å²) >= 11 is 3.04. The Bertz CT molecular complexity index is 663. The summed E-state index contributed by atoms with van der Waals surface area (Å²) in [7, 11) is -1.95. The van der Waals surface area contributed by atoms with Crippen LogP contribution in [0.4, 0.5) is 13.2 Å². The number of hydrogen-bond acceptors (Lipinski definition) is 0. The van der Waals surface area contributed by atoms with Crippen molar-refractivity contribution in [2.75, 3.05) is 0 Å². The molecule has 0 unspecified atom stereocenters. The van der Waals surface area contributed by atoms with Gasteiger partial charge in [-0.05, 0) is 38.8 Å². The molecule has 0 fully saturated rings. The quantitative estimate of drug-likeness (QED) is 0.656. The number of halogens is 4. The van der Waals surface area contributed by atoms with Crippen molar-refractivity contribution in [3.63, 3.8) is 0 Å². The molecule has 0 heterocycles. The molecule has 0 spiro atoms. The second-order valence-electron chi connectivity index (χ2n) is 5.67. The first-order chi connectivity index (χ1) is 9.21. The first-order valence-corrected chi connectivity index (χ1v) is 10.4. The van der Waals surface area contributed by atoms with Crippen LogP contribution in [0.1, 0.15) is 0 Å². The fourth-order valence-corrected chi connectivity index (χ4v) is 3.61. The van der Waals surface area contributed by atoms with E-state index in [0.717, 1.165) is 0 Å². The zero-order chi connectivity index (χ0) is 15.1. The van der Waals surface area contributed by atoms with Crippen LogP contribution in [0.25, 0.3) is 11.1 Å². The number of hydrogen-bond donors (Lipinski definition) is 0. The third-order valence-electron chi connectivity index (χ3n) is 3.12. The van der Waals surface area contributed by atoms with Crippen LogP contribution in [0.5, 0.6) is 0 Å². The van der Waals surface area contributed by atoms with Crippen molar-refractivity contribution >= 4 is 29.2 Å². The minimum Gasteiger partial charge on any atom is -0.206 e. The van der Waals surface area contributed by atoms with Gasteiger partial charge in [0.2, 0.25) is 0 Å². The van der Waals surface area contributed by atoms with E-state index < -0.39 is 25.5 Å². The molecule has 0 amide bonds. The summed E-state index contributed by atoms with van der Waals surface area (Å²) in [5.74, 6) is -2.23. The summed E-state index contributed by atoms with van der Waals surface area (Å²) < 4.78 is 42.2. The Kier molecular flexibility index (Phi) is 4.11. The van der Waals surface area contributed by atoms with Crippen LogP contribution in [0.3, 0.4) is 0 Å². The monoisotopic (exact) mass is 358 g/mol. The van der Waals surface area contributed by atoms with Crippen molar-refractivity contribution in [2.24, 2.45) is 0 Å². The largest absolute Gasteiger partial charge is 0.206 e. The van der Waals surface area contributed by atoms with Gasteiger partial charge in [0.25, 0.3) is 0 Å². The summed E-state index contributed by atoms with van der Waals surface area (Å²) in [6, 6.07) is 7.36. The average molecular weight is 359 g/mol. The second-order valence-corrected chi connectivity index (χ2v) is 11.6. The lowest BCUT2D eigenvalue weighted by atomic mass is 10.0. The molecule has 2 aromatic rings. The molecule has 0 nitrogen and oxygen atoms in total. The Labute approximate surface area is 125 Å². The topological polar surface area (TPSA) is 0 Å². The van der Waals surface area contributed by atoms with Crippen LogP contribution in [0, 0.1) is 17.5 Å². The van der Waals surface area contributed by atoms with Crippen LogP contribution in [-0.4, -0.2) is 8.07 Å². The van der Waals surface area contributed by atoms with Crippen LogP contribution >= 0.6 is 15.9 Å². The average Bonchev–Trinajstić information content (AvgIpc) is 2.34. The molecular weight excluding hydrogens is 345 g/mol. The molecule has 2 aromatic carbocycles. The maximum Gasteiger partial charge on any atom is 0.166 e. The van der Waals surface area contributed by atoms with Crippen LogP contribution < -0.4 is 5.19 Å². The zero-order valence-electron chi connectivity index (χ0n) is 11.4. The summed E-state index contributed by atoms with van der Waals surface area (Å²) in [6.45, 7) is 5.84. The first kappa shape index (κ1) is 15.3. The highest BCUT2D eigenvalue weighted by Gasteiger charge is 2.24. The van der Waals surface area contributed by atoms with E-state index in [1.807, 2.05) is 19.6 Å². The molecule has 0 aliphatic rings. The predicted molar refractivity (Wildman–Crippen MR) is 82.4 cm³/mol. The van der Waals surface area contributed by atoms with Crippen LogP contribution in [0.2, 0.25) is 19.6 Å². The van der Waals surface area contributed by atoms with E-state index >= 15 is 0 Å². The molecule has 0 saturated heterocycles. The molecule has 0 N–H and O–H groups in total. The van der Waals surface area contributed by atoms with Gasteiger partial charge >= 0.3 is 0 Å². The van der Waals surface area contributed by atoms with Crippen LogP contribution in [-0.2, 0) is 0 Å². The predicted octanol–water partition coefficient (Wildman–Crippen LogP) is 5.08. The highest BCUT2D eigenvalue weighted by Crippen LogP contribution is 2.28. The SMILES string of the molecule is C[Si](C)(C)c1ccc(-c2ccc(Br)c(F)c2)c(F)c1F. The minimum absolute atomic E-state index is 0.0795. The maximum atomic E-state index is 14.2. The van der Waals surface area contributed by atoms with Crippen molar-refractivity contribution in [1.29, 1.82) is 0 Å². The lowest BCUT2D eigenvalue weighted by Crippen LogP contribution is -2.40. The van der Waals surface area contributed by atoms with E-state index in [0.29, 0.717) is 15.2 Å². The normalized spacial score (nSPS) is 11.8. The van der Waals surface area contributed by atoms with Gasteiger partial charge in [-0.2, -0.15) is 0 Å². The van der Waals surface area contributed by atoms with Gasteiger partial charge in [-0.15, -0.1) is 0 Å². The van der Waals surface area contributed by atoms with E-state index in [2.05, 4.69) is 15.9 Å². The van der Waals surface area contributed by atoms with E-state index in [-0.39, 0.29) is 5.56 Å². The number of rotatable bonds is 2. The van der Waals surface area contributed by atoms with E-state index in [4.69, 9.17) is 0 Å². The molecule has 0 bridgehead atoms. The summed E-state index contributed by atoms with van der Waals surface area (Å²) in [6.07, 6.45) is 0. The van der Waals surface area contributed by atoms with Gasteiger partial charge in [0.15, 0.2) is 11.6 Å². The van der Waals surface area contributed by atoms with Crippen LogP contribution in [0.15, 0.2) is 34.8 Å². The van der Waals surface area contributed by atoms with Crippen molar-refractivity contribution in [1.82, 2.24) is 0 Å². The lowest BCUT2D eigenvalue weighted by molar-refractivity contribution is 0.516. The summed E-state index contributed by atoms with van der Waals surface area (Å²) in [5.41, 5.74) is 0.403. The van der Waals surface area contributed by atoms with E-state index in [1.54, 1.807) is 12.1 Å². The van der Waals surface area contributed by atoms with Crippen molar-refractivity contribution < 1.29 is 13.2 Å². The fourth-order valence-electron chi connectivity index (χ4n) is 2.02. The number of benzene rings is 2. The molecule has 106 valence electrons. The molecular formula is C15H14BrF3Si. The standard InChI is InChI=1S/C15H14BrF3Si/c1-20(2,3)13-7-5-10(14(18)15(13)19)9-4-6-11(16)12(17)8-9/h4-8H,1-3H3. The van der Waals surface area contributed by atoms with Crippen molar-refractivity contribution in [2.45, 2.75) is 19.6 Å². The third-order valence-corrected chi connectivity index (χ3v) is 5.77. The van der Waals surface area contributed by atoms with Gasteiger partial charge in [-0.25, -0.2) is 13.2 Å². The molecule has 20 heavy (non-hydrogen) atoms. The Morgan fingerprint density at radius 3 is 2.10 bits per heavy atom. The Balaban J connectivity index is 2.59. The molecule has 0 aliphatic carbocycles. The Morgan fingerprint density at radius 1 is 0.900 bits per heavy atom. The smallest absolute Gasteiger partial charge is 0.166 e. The molecule has 0 aliphatic heterocycles. The van der Waals surface area contributed by atoms with E-state index in [9.17, 15) is 13.2 Å². The van der Waals surface area contributed by atoms with Gasteiger partial charge in [0.05, 0.1) is 12.5 Å². The Morgan fingerprint density at radius 2 is 1.55 bits per heavy atom. The third kappa shape index (κ3) is 2.83. The lowest BCUT2D eigenvalue weighted by Gasteiger charge is -2.19. The zero-order valence-corrected chi connectivity index (χ0v) is 14.0. The van der Waals surface area contributed by atoms with Gasteiger partial charge in [-0.3, -0.25) is 0 Å². The first-order valence-electron chi connectivity index (χ1n) is 6.15. The second kappa shape index (κ2) is 5.37. The Hall–Kier alpha value is -1.07. The molecule has 0 aromatic heterocycles. The van der Waals surface area contributed by atoms with Gasteiger partial charge in [0.1, 0.15) is 5.82 Å². The maximum absolute atomic E-state index is 14.2. The minimum atomic E-state index is -1.95. The van der Waals surface area contributed by atoms with Crippen molar-refractivity contribution in [3.8, 4) is 11.1 Å².